The Kier molecular flexibility index (Phi) is 4.56. The van der Waals surface area contributed by atoms with Crippen molar-refractivity contribution >= 4 is 22.0 Å². The van der Waals surface area contributed by atoms with E-state index in [1.54, 1.807) is 0 Å². The van der Waals surface area contributed by atoms with Gasteiger partial charge < -0.3 is 5.11 Å². The van der Waals surface area contributed by atoms with Gasteiger partial charge in [-0.15, -0.1) is 0 Å². The molecule has 0 amide bonds. The molecule has 0 aliphatic heterocycles. The SMILES string of the molecule is CC(C)CNS(=O)(=O)Nc1nccnc1C(=O)O. The molecule has 0 fully saturated rings. The summed E-state index contributed by atoms with van der Waals surface area (Å²) < 4.78 is 27.5. The number of hydrogen-bond acceptors (Lipinski definition) is 5. The summed E-state index contributed by atoms with van der Waals surface area (Å²) >= 11 is 0. The smallest absolute Gasteiger partial charge is 0.358 e. The Labute approximate surface area is 105 Å². The summed E-state index contributed by atoms with van der Waals surface area (Å²) in [4.78, 5) is 18.0. The minimum atomic E-state index is -3.85. The molecule has 0 bridgehead atoms. The van der Waals surface area contributed by atoms with E-state index in [9.17, 15) is 13.2 Å². The first-order chi connectivity index (χ1) is 8.32. The van der Waals surface area contributed by atoms with Crippen molar-refractivity contribution in [1.82, 2.24) is 14.7 Å². The van der Waals surface area contributed by atoms with Crippen molar-refractivity contribution in [2.45, 2.75) is 13.8 Å². The number of rotatable bonds is 6. The summed E-state index contributed by atoms with van der Waals surface area (Å²) in [5.74, 6) is -1.55. The largest absolute Gasteiger partial charge is 0.476 e. The molecule has 0 atom stereocenters. The Balaban J connectivity index is 2.87. The fourth-order valence-corrected chi connectivity index (χ4v) is 2.04. The van der Waals surface area contributed by atoms with Crippen LogP contribution in [0, 0.1) is 5.92 Å². The molecule has 0 saturated heterocycles. The Hall–Kier alpha value is -1.74. The number of aromatic nitrogens is 2. The molecule has 8 nitrogen and oxygen atoms in total. The molecule has 0 radical (unpaired) electrons. The molecule has 0 unspecified atom stereocenters. The van der Waals surface area contributed by atoms with Crippen molar-refractivity contribution in [3.05, 3.63) is 18.1 Å². The molecule has 9 heteroatoms. The Morgan fingerprint density at radius 2 is 2.00 bits per heavy atom. The van der Waals surface area contributed by atoms with Gasteiger partial charge in [0, 0.05) is 18.9 Å². The fourth-order valence-electron chi connectivity index (χ4n) is 1.01. The van der Waals surface area contributed by atoms with Crippen LogP contribution in [0.3, 0.4) is 0 Å². The maximum absolute atomic E-state index is 11.6. The minimum absolute atomic E-state index is 0.127. The van der Waals surface area contributed by atoms with Crippen LogP contribution in [-0.2, 0) is 10.2 Å². The number of carboxylic acids is 1. The van der Waals surface area contributed by atoms with Gasteiger partial charge in [-0.05, 0) is 5.92 Å². The van der Waals surface area contributed by atoms with E-state index in [1.165, 1.54) is 12.4 Å². The lowest BCUT2D eigenvalue weighted by molar-refractivity contribution is 0.0691. The highest BCUT2D eigenvalue weighted by Crippen LogP contribution is 2.09. The lowest BCUT2D eigenvalue weighted by atomic mass is 10.2. The van der Waals surface area contributed by atoms with E-state index in [-0.39, 0.29) is 18.3 Å². The van der Waals surface area contributed by atoms with E-state index in [1.807, 2.05) is 18.6 Å². The molecule has 0 spiro atoms. The number of carbonyl (C=O) groups is 1. The molecule has 3 N–H and O–H groups in total. The van der Waals surface area contributed by atoms with Crippen LogP contribution >= 0.6 is 0 Å². The predicted molar refractivity (Wildman–Crippen MR) is 64.4 cm³/mol. The van der Waals surface area contributed by atoms with Gasteiger partial charge in [-0.3, -0.25) is 4.72 Å². The summed E-state index contributed by atoms with van der Waals surface area (Å²) in [6.07, 6.45) is 2.37. The quantitative estimate of drug-likeness (QED) is 0.675. The standard InChI is InChI=1S/C9H14N4O4S/c1-6(2)5-12-18(16,17)13-8-7(9(14)15)10-3-4-11-8/h3-4,6,12H,5H2,1-2H3,(H,11,13)(H,14,15). The second-order valence-corrected chi connectivity index (χ2v) is 5.41. The maximum Gasteiger partial charge on any atom is 0.358 e. The van der Waals surface area contributed by atoms with Gasteiger partial charge in [-0.1, -0.05) is 13.8 Å². The van der Waals surface area contributed by atoms with Crippen molar-refractivity contribution in [2.75, 3.05) is 11.3 Å². The van der Waals surface area contributed by atoms with E-state index in [4.69, 9.17) is 5.11 Å². The summed E-state index contributed by atoms with van der Waals surface area (Å²) in [6.45, 7) is 3.92. The zero-order chi connectivity index (χ0) is 13.8. The molecule has 0 saturated carbocycles. The monoisotopic (exact) mass is 274 g/mol. The topological polar surface area (TPSA) is 121 Å². The summed E-state index contributed by atoms with van der Waals surface area (Å²) in [5.41, 5.74) is -0.451. The molecule has 0 aliphatic rings. The fraction of sp³-hybridized carbons (Fsp3) is 0.444. The maximum atomic E-state index is 11.6. The van der Waals surface area contributed by atoms with Crippen molar-refractivity contribution in [3.63, 3.8) is 0 Å². The van der Waals surface area contributed by atoms with E-state index >= 15 is 0 Å². The van der Waals surface area contributed by atoms with Crippen LogP contribution in [-0.4, -0.2) is 36.0 Å². The van der Waals surface area contributed by atoms with Crippen LogP contribution in [0.1, 0.15) is 24.3 Å². The highest BCUT2D eigenvalue weighted by molar-refractivity contribution is 7.90. The van der Waals surface area contributed by atoms with Crippen molar-refractivity contribution in [3.8, 4) is 0 Å². The predicted octanol–water partition coefficient (Wildman–Crippen LogP) is 0.0771. The number of nitrogens with zero attached hydrogens (tertiary/aromatic N) is 2. The lowest BCUT2D eigenvalue weighted by Gasteiger charge is -2.11. The third kappa shape index (κ3) is 4.26. The van der Waals surface area contributed by atoms with Crippen molar-refractivity contribution in [2.24, 2.45) is 5.92 Å². The summed E-state index contributed by atoms with van der Waals surface area (Å²) in [6, 6.07) is 0. The summed E-state index contributed by atoms with van der Waals surface area (Å²) in [7, 11) is -3.85. The van der Waals surface area contributed by atoms with E-state index < -0.39 is 21.9 Å². The van der Waals surface area contributed by atoms with Gasteiger partial charge in [0.15, 0.2) is 11.5 Å². The van der Waals surface area contributed by atoms with Gasteiger partial charge >= 0.3 is 5.97 Å². The Morgan fingerprint density at radius 1 is 1.39 bits per heavy atom. The van der Waals surface area contributed by atoms with Crippen LogP contribution in [0.2, 0.25) is 0 Å². The molecule has 18 heavy (non-hydrogen) atoms. The first-order valence-corrected chi connectivity index (χ1v) is 6.62. The molecule has 1 heterocycles. The highest BCUT2D eigenvalue weighted by atomic mass is 32.2. The Bertz CT molecular complexity index is 529. The van der Waals surface area contributed by atoms with Gasteiger partial charge in [0.05, 0.1) is 0 Å². The third-order valence-corrected chi connectivity index (χ3v) is 2.82. The van der Waals surface area contributed by atoms with Gasteiger partial charge in [-0.25, -0.2) is 14.8 Å². The second-order valence-electron chi connectivity index (χ2n) is 3.91. The molecular formula is C9H14N4O4S. The van der Waals surface area contributed by atoms with Crippen molar-refractivity contribution in [1.29, 1.82) is 0 Å². The minimum Gasteiger partial charge on any atom is -0.476 e. The van der Waals surface area contributed by atoms with Crippen LogP contribution in [0.4, 0.5) is 5.82 Å². The highest BCUT2D eigenvalue weighted by Gasteiger charge is 2.18. The molecular weight excluding hydrogens is 260 g/mol. The van der Waals surface area contributed by atoms with Crippen LogP contribution < -0.4 is 9.44 Å². The number of anilines is 1. The third-order valence-electron chi connectivity index (χ3n) is 1.81. The number of aromatic carboxylic acids is 1. The van der Waals surface area contributed by atoms with Gasteiger partial charge in [0.2, 0.25) is 0 Å². The number of hydrogen-bond donors (Lipinski definition) is 3. The van der Waals surface area contributed by atoms with Crippen LogP contribution in [0.15, 0.2) is 12.4 Å². The lowest BCUT2D eigenvalue weighted by Crippen LogP contribution is -2.33. The van der Waals surface area contributed by atoms with Gasteiger partial charge in [-0.2, -0.15) is 13.1 Å². The summed E-state index contributed by atoms with van der Waals surface area (Å²) in [5, 5.41) is 8.82. The van der Waals surface area contributed by atoms with E-state index in [2.05, 4.69) is 14.7 Å². The zero-order valence-electron chi connectivity index (χ0n) is 9.91. The van der Waals surface area contributed by atoms with Crippen LogP contribution in [0.5, 0.6) is 0 Å². The van der Waals surface area contributed by atoms with Crippen LogP contribution in [0.25, 0.3) is 0 Å². The zero-order valence-corrected chi connectivity index (χ0v) is 10.7. The average Bonchev–Trinajstić information content (AvgIpc) is 2.26. The van der Waals surface area contributed by atoms with Crippen molar-refractivity contribution < 1.29 is 18.3 Å². The van der Waals surface area contributed by atoms with E-state index in [0.717, 1.165) is 0 Å². The second kappa shape index (κ2) is 5.74. The molecule has 100 valence electrons. The molecule has 1 rings (SSSR count). The first-order valence-electron chi connectivity index (χ1n) is 5.13. The van der Waals surface area contributed by atoms with E-state index in [0.29, 0.717) is 0 Å². The number of nitrogens with one attached hydrogen (secondary N) is 2. The average molecular weight is 274 g/mol. The molecule has 0 aliphatic carbocycles. The van der Waals surface area contributed by atoms with Gasteiger partial charge in [0.1, 0.15) is 0 Å². The Morgan fingerprint density at radius 3 is 2.56 bits per heavy atom. The number of carboxylic acid groups (broad SMARTS) is 1. The first kappa shape index (κ1) is 14.3. The molecule has 1 aromatic rings. The molecule has 0 aromatic carbocycles. The van der Waals surface area contributed by atoms with Gasteiger partial charge in [0.25, 0.3) is 10.2 Å². The molecule has 1 aromatic heterocycles. The normalized spacial score (nSPS) is 11.5.